The number of rotatable bonds is 3. The van der Waals surface area contributed by atoms with Gasteiger partial charge < -0.3 is 5.11 Å². The third kappa shape index (κ3) is 36.0. The highest BCUT2D eigenvalue weighted by atomic mass is 80.9. The molecule has 3 nitrogen and oxygen atoms in total. The molecular weight excluding hydrogens is 432 g/mol. The van der Waals surface area contributed by atoms with E-state index in [1.54, 1.807) is 13.8 Å². The van der Waals surface area contributed by atoms with E-state index < -0.39 is 0 Å². The van der Waals surface area contributed by atoms with Crippen LogP contribution in [0.4, 0.5) is 0 Å². The first-order valence-corrected chi connectivity index (χ1v) is 10.4. The van der Waals surface area contributed by atoms with Gasteiger partial charge in [0.15, 0.2) is 0 Å². The molecule has 0 unspecified atom stereocenters. The van der Waals surface area contributed by atoms with Gasteiger partial charge in [0.05, 0.1) is 5.33 Å². The van der Waals surface area contributed by atoms with Crippen LogP contribution in [0.5, 0.6) is 0 Å². The van der Waals surface area contributed by atoms with Crippen LogP contribution in [-0.4, -0.2) is 28.6 Å². The van der Waals surface area contributed by atoms with Gasteiger partial charge in [0.25, 0.3) is 0 Å². The van der Waals surface area contributed by atoms with Crippen LogP contribution in [0.25, 0.3) is 0 Å². The van der Waals surface area contributed by atoms with Gasteiger partial charge in [-0.3, -0.25) is 9.59 Å². The highest BCUT2D eigenvalue weighted by Crippen LogP contribution is 1.95. The minimum atomic E-state index is 0.180. The van der Waals surface area contributed by atoms with E-state index in [1.807, 2.05) is 27.7 Å². The van der Waals surface area contributed by atoms with E-state index in [9.17, 15) is 9.59 Å². The minimum absolute atomic E-state index is 0.180. The molecule has 0 saturated heterocycles. The number of ketones is 2. The van der Waals surface area contributed by atoms with Crippen LogP contribution in [0.15, 0.2) is 0 Å². The van der Waals surface area contributed by atoms with Crippen molar-refractivity contribution in [1.29, 1.82) is 0 Å². The van der Waals surface area contributed by atoms with Crippen molar-refractivity contribution in [3.05, 3.63) is 0 Å². The molecule has 0 amide bonds. The maximum atomic E-state index is 10.5. The monoisotopic (exact) mass is 454 g/mol. The predicted octanol–water partition coefficient (Wildman–Crippen LogP) is 4.53. The second-order valence-electron chi connectivity index (χ2n) is 3.84. The summed E-state index contributed by atoms with van der Waals surface area (Å²) in [7, 11) is 0. The topological polar surface area (TPSA) is 54.4 Å². The number of halogens is 3. The lowest BCUT2D eigenvalue weighted by atomic mass is 10.1. The Labute approximate surface area is 135 Å². The summed E-state index contributed by atoms with van der Waals surface area (Å²) >= 11 is 8.57. The lowest BCUT2D eigenvalue weighted by Gasteiger charge is -1.95. The number of carbonyl (C=O) groups excluding carboxylic acids is 2. The van der Waals surface area contributed by atoms with E-state index >= 15 is 0 Å². The first-order chi connectivity index (χ1) is 8.24. The zero-order valence-electron chi connectivity index (χ0n) is 12.0. The van der Waals surface area contributed by atoms with Crippen molar-refractivity contribution in [3.8, 4) is 0 Å². The van der Waals surface area contributed by atoms with Crippen molar-refractivity contribution in [2.75, 3.05) is 11.9 Å². The molecule has 0 fully saturated rings. The lowest BCUT2D eigenvalue weighted by molar-refractivity contribution is -0.120. The van der Waals surface area contributed by atoms with Crippen molar-refractivity contribution < 1.29 is 14.7 Å². The van der Waals surface area contributed by atoms with Gasteiger partial charge in [0.2, 0.25) is 0 Å². The van der Waals surface area contributed by atoms with E-state index in [4.69, 9.17) is 5.11 Å². The SMILES string of the molecule is BrBr.CC(=O)C(C)C.CC(C)C(=O)CBr.CCO. The van der Waals surface area contributed by atoms with Gasteiger partial charge in [-0.05, 0) is 13.8 Å². The molecule has 0 saturated carbocycles. The van der Waals surface area contributed by atoms with Gasteiger partial charge >= 0.3 is 0 Å². The van der Waals surface area contributed by atoms with Gasteiger partial charge in [-0.2, -0.15) is 0 Å². The van der Waals surface area contributed by atoms with Gasteiger partial charge in [-0.15, -0.1) is 0 Å². The molecule has 112 valence electrons. The standard InChI is InChI=1S/C5H9BrO.C5H10O.C2H6O.Br2/c1-4(2)5(7)3-6;1-4(2)5(3)6;1-2-3;1-2/h4H,3H2,1-2H3;4H,1-3H3;3H,2H2,1H3;. The van der Waals surface area contributed by atoms with E-state index in [0.29, 0.717) is 5.33 Å². The molecule has 0 bridgehead atoms. The first kappa shape index (κ1) is 27.1. The van der Waals surface area contributed by atoms with Crippen molar-refractivity contribution in [3.63, 3.8) is 0 Å². The molecule has 0 atom stereocenters. The predicted molar refractivity (Wildman–Crippen MR) is 89.8 cm³/mol. The van der Waals surface area contributed by atoms with Crippen molar-refractivity contribution in [2.24, 2.45) is 11.8 Å². The Morgan fingerprint density at radius 3 is 1.28 bits per heavy atom. The molecule has 6 heteroatoms. The molecule has 0 aliphatic rings. The van der Waals surface area contributed by atoms with Gasteiger partial charge in [-0.25, -0.2) is 0 Å². The van der Waals surface area contributed by atoms with Crippen LogP contribution >= 0.6 is 44.2 Å². The van der Waals surface area contributed by atoms with E-state index in [2.05, 4.69) is 44.2 Å². The Kier molecular flexibility index (Phi) is 34.5. The Balaban J connectivity index is -0.0000000811. The third-order valence-electron chi connectivity index (χ3n) is 1.59. The Hall–Kier alpha value is 0.740. The average Bonchev–Trinajstić information content (AvgIpc) is 2.32. The molecular formula is C12H25Br3O3. The molecule has 1 N–H and O–H groups in total. The van der Waals surface area contributed by atoms with Gasteiger partial charge in [0.1, 0.15) is 11.6 Å². The number of hydrogen-bond acceptors (Lipinski definition) is 3. The number of hydrogen-bond donors (Lipinski definition) is 1. The van der Waals surface area contributed by atoms with Gasteiger partial charge in [0, 0.05) is 46.7 Å². The molecule has 0 aromatic rings. The molecule has 0 rings (SSSR count). The summed E-state index contributed by atoms with van der Waals surface area (Å²) in [5.41, 5.74) is 0. The zero-order chi connectivity index (χ0) is 15.7. The van der Waals surface area contributed by atoms with Crippen molar-refractivity contribution in [2.45, 2.75) is 41.5 Å². The molecule has 18 heavy (non-hydrogen) atoms. The third-order valence-corrected chi connectivity index (χ3v) is 2.14. The molecule has 0 heterocycles. The molecule has 0 radical (unpaired) electrons. The second-order valence-corrected chi connectivity index (χ2v) is 4.40. The molecule has 0 aromatic carbocycles. The molecule has 0 aliphatic carbocycles. The summed E-state index contributed by atoms with van der Waals surface area (Å²) in [4.78, 5) is 20.6. The fourth-order valence-corrected chi connectivity index (χ4v) is 0.802. The fraction of sp³-hybridized carbons (Fsp3) is 0.833. The summed E-state index contributed by atoms with van der Waals surface area (Å²) in [6.07, 6.45) is 0. The van der Waals surface area contributed by atoms with Gasteiger partial charge in [-0.1, -0.05) is 43.6 Å². The van der Waals surface area contributed by atoms with E-state index in [1.165, 1.54) is 0 Å². The fourth-order valence-electron chi connectivity index (χ4n) is 0.154. The summed E-state index contributed by atoms with van der Waals surface area (Å²) in [6, 6.07) is 0. The lowest BCUT2D eigenvalue weighted by Crippen LogP contribution is -2.06. The highest BCUT2D eigenvalue weighted by Gasteiger charge is 2.01. The summed E-state index contributed by atoms with van der Waals surface area (Å²) < 4.78 is 0. The van der Waals surface area contributed by atoms with Crippen LogP contribution in [-0.2, 0) is 9.59 Å². The average molecular weight is 457 g/mol. The highest BCUT2D eigenvalue weighted by molar-refractivity contribution is 9.93. The largest absolute Gasteiger partial charge is 0.397 e. The molecule has 0 aliphatic heterocycles. The van der Waals surface area contributed by atoms with Crippen LogP contribution in [0.2, 0.25) is 0 Å². The normalized spacial score (nSPS) is 8.22. The van der Waals surface area contributed by atoms with E-state index in [0.717, 1.165) is 0 Å². The van der Waals surface area contributed by atoms with Crippen LogP contribution in [0.1, 0.15) is 41.5 Å². The van der Waals surface area contributed by atoms with Crippen molar-refractivity contribution in [1.82, 2.24) is 0 Å². The number of Topliss-reactive ketones (excluding diaryl/α,β-unsaturated/α-hetero) is 2. The zero-order valence-corrected chi connectivity index (χ0v) is 16.7. The number of alkyl halides is 1. The number of aliphatic hydroxyl groups excluding tert-OH is 1. The quantitative estimate of drug-likeness (QED) is 0.635. The van der Waals surface area contributed by atoms with Crippen molar-refractivity contribution >= 4 is 55.8 Å². The Bertz CT molecular complexity index is 183. The summed E-state index contributed by atoms with van der Waals surface area (Å²) in [6.45, 7) is 11.1. The summed E-state index contributed by atoms with van der Waals surface area (Å²) in [5.74, 6) is 0.916. The van der Waals surface area contributed by atoms with Crippen LogP contribution < -0.4 is 0 Å². The minimum Gasteiger partial charge on any atom is -0.397 e. The molecule has 0 spiro atoms. The number of aliphatic hydroxyl groups is 1. The van der Waals surface area contributed by atoms with E-state index in [-0.39, 0.29) is 30.0 Å². The Morgan fingerprint density at radius 1 is 1.06 bits per heavy atom. The maximum absolute atomic E-state index is 10.5. The summed E-state index contributed by atoms with van der Waals surface area (Å²) in [5, 5.41) is 8.06. The van der Waals surface area contributed by atoms with Crippen LogP contribution in [0, 0.1) is 11.8 Å². The Morgan fingerprint density at radius 2 is 1.28 bits per heavy atom. The first-order valence-electron chi connectivity index (χ1n) is 5.58. The van der Waals surface area contributed by atoms with Crippen LogP contribution in [0.3, 0.4) is 0 Å². The second kappa shape index (κ2) is 22.9. The molecule has 0 aromatic heterocycles. The smallest absolute Gasteiger partial charge is 0.145 e. The number of carbonyl (C=O) groups is 2. The maximum Gasteiger partial charge on any atom is 0.145 e.